The normalized spacial score (nSPS) is 20.3. The fraction of sp³-hybridized carbons (Fsp3) is 0.625. The van der Waals surface area contributed by atoms with Gasteiger partial charge in [0.1, 0.15) is 0 Å². The van der Waals surface area contributed by atoms with Gasteiger partial charge in [-0.15, -0.1) is 0 Å². The zero-order valence-electron chi connectivity index (χ0n) is 18.7. The molecule has 2 aliphatic heterocycles. The lowest BCUT2D eigenvalue weighted by molar-refractivity contribution is 0.178. The second-order valence-electron chi connectivity index (χ2n) is 8.92. The Balaban J connectivity index is 1.34. The summed E-state index contributed by atoms with van der Waals surface area (Å²) >= 11 is 6.32. The smallest absolute Gasteiger partial charge is 0.191 e. The van der Waals surface area contributed by atoms with Gasteiger partial charge in [0.05, 0.1) is 0 Å². The highest BCUT2D eigenvalue weighted by atomic mass is 35.5. The van der Waals surface area contributed by atoms with Gasteiger partial charge in [0, 0.05) is 50.8 Å². The highest BCUT2D eigenvalue weighted by molar-refractivity contribution is 6.31. The van der Waals surface area contributed by atoms with Gasteiger partial charge in [-0.3, -0.25) is 14.8 Å². The molecule has 2 saturated heterocycles. The van der Waals surface area contributed by atoms with Crippen molar-refractivity contribution in [2.24, 2.45) is 10.9 Å². The first kappa shape index (κ1) is 23.1. The van der Waals surface area contributed by atoms with Crippen LogP contribution in [0.2, 0.25) is 5.02 Å². The van der Waals surface area contributed by atoms with E-state index in [9.17, 15) is 0 Å². The first-order valence-electron chi connectivity index (χ1n) is 11.3. The molecule has 3 rings (SSSR count). The van der Waals surface area contributed by atoms with Crippen LogP contribution in [0.15, 0.2) is 41.4 Å². The van der Waals surface area contributed by atoms with E-state index in [1.165, 1.54) is 24.0 Å². The number of rotatable bonds is 7. The molecule has 0 saturated carbocycles. The van der Waals surface area contributed by atoms with E-state index in [0.29, 0.717) is 12.0 Å². The molecule has 2 N–H and O–H groups in total. The van der Waals surface area contributed by atoms with Crippen LogP contribution >= 0.6 is 11.6 Å². The monoisotopic (exact) mass is 431 g/mol. The minimum Gasteiger partial charge on any atom is -0.356 e. The third-order valence-corrected chi connectivity index (χ3v) is 6.63. The van der Waals surface area contributed by atoms with Crippen molar-refractivity contribution in [2.75, 3.05) is 46.3 Å². The highest BCUT2D eigenvalue weighted by Crippen LogP contribution is 2.22. The van der Waals surface area contributed by atoms with E-state index in [1.54, 1.807) is 0 Å². The molecule has 0 aromatic heterocycles. The number of piperidine rings is 2. The lowest BCUT2D eigenvalue weighted by Crippen LogP contribution is -2.50. The molecule has 0 radical (unpaired) electrons. The Morgan fingerprint density at radius 2 is 1.77 bits per heavy atom. The average Bonchev–Trinajstić information content (AvgIpc) is 2.74. The second kappa shape index (κ2) is 11.7. The topological polar surface area (TPSA) is 42.9 Å². The molecule has 1 aromatic carbocycles. The Kier molecular flexibility index (Phi) is 9.04. The highest BCUT2D eigenvalue weighted by Gasteiger charge is 2.22. The molecule has 0 atom stereocenters. The van der Waals surface area contributed by atoms with Crippen LogP contribution in [0, 0.1) is 5.92 Å². The van der Waals surface area contributed by atoms with E-state index in [4.69, 9.17) is 11.6 Å². The molecule has 166 valence electrons. The standard InChI is InChI=1S/C24H38ClN5/c1-19(2)17-29-14-10-22(11-15-29)28-24(26-3)27-16-20-8-12-30(13-9-20)18-21-6-4-5-7-23(21)25/h4-7,20,22H,1,8-18H2,2-3H3,(H2,26,27,28). The zero-order chi connectivity index (χ0) is 21.3. The van der Waals surface area contributed by atoms with Gasteiger partial charge in [-0.1, -0.05) is 42.0 Å². The molecule has 0 spiro atoms. The maximum Gasteiger partial charge on any atom is 0.191 e. The van der Waals surface area contributed by atoms with Crippen LogP contribution in [-0.2, 0) is 6.54 Å². The van der Waals surface area contributed by atoms with Crippen molar-refractivity contribution in [3.63, 3.8) is 0 Å². The Morgan fingerprint density at radius 1 is 1.10 bits per heavy atom. The number of likely N-dealkylation sites (tertiary alicyclic amines) is 2. The molecule has 1 aromatic rings. The lowest BCUT2D eigenvalue weighted by Gasteiger charge is -2.34. The molecule has 5 nitrogen and oxygen atoms in total. The van der Waals surface area contributed by atoms with E-state index < -0.39 is 0 Å². The van der Waals surface area contributed by atoms with Crippen molar-refractivity contribution < 1.29 is 0 Å². The molecular weight excluding hydrogens is 394 g/mol. The quantitative estimate of drug-likeness (QED) is 0.392. The Morgan fingerprint density at radius 3 is 2.40 bits per heavy atom. The van der Waals surface area contributed by atoms with E-state index in [-0.39, 0.29) is 0 Å². The van der Waals surface area contributed by atoms with Crippen LogP contribution in [0.5, 0.6) is 0 Å². The first-order chi connectivity index (χ1) is 14.5. The molecule has 30 heavy (non-hydrogen) atoms. The summed E-state index contributed by atoms with van der Waals surface area (Å²) in [7, 11) is 1.87. The molecular formula is C24H38ClN5. The lowest BCUT2D eigenvalue weighted by atomic mass is 9.96. The minimum atomic E-state index is 0.509. The Labute approximate surface area is 187 Å². The van der Waals surface area contributed by atoms with Gasteiger partial charge < -0.3 is 10.6 Å². The maximum atomic E-state index is 6.32. The van der Waals surface area contributed by atoms with Gasteiger partial charge in [-0.2, -0.15) is 0 Å². The van der Waals surface area contributed by atoms with Crippen LogP contribution in [-0.4, -0.2) is 68.1 Å². The van der Waals surface area contributed by atoms with Gasteiger partial charge in [-0.05, 0) is 63.2 Å². The van der Waals surface area contributed by atoms with E-state index in [2.05, 4.69) is 51.1 Å². The van der Waals surface area contributed by atoms with E-state index >= 15 is 0 Å². The van der Waals surface area contributed by atoms with Crippen LogP contribution in [0.3, 0.4) is 0 Å². The van der Waals surface area contributed by atoms with Crippen LogP contribution < -0.4 is 10.6 Å². The number of aliphatic imine (C=N–C) groups is 1. The number of nitrogens with one attached hydrogen (secondary N) is 2. The fourth-order valence-electron chi connectivity index (χ4n) is 4.46. The van der Waals surface area contributed by atoms with Crippen molar-refractivity contribution >= 4 is 17.6 Å². The number of guanidine groups is 1. The van der Waals surface area contributed by atoms with Crippen molar-refractivity contribution in [3.8, 4) is 0 Å². The summed E-state index contributed by atoms with van der Waals surface area (Å²) < 4.78 is 0. The van der Waals surface area contributed by atoms with Crippen LogP contribution in [0.25, 0.3) is 0 Å². The molecule has 2 fully saturated rings. The van der Waals surface area contributed by atoms with E-state index in [1.807, 2.05) is 19.2 Å². The summed E-state index contributed by atoms with van der Waals surface area (Å²) in [4.78, 5) is 9.47. The molecule has 0 unspecified atom stereocenters. The third-order valence-electron chi connectivity index (χ3n) is 6.26. The van der Waals surface area contributed by atoms with Crippen molar-refractivity contribution in [1.29, 1.82) is 0 Å². The van der Waals surface area contributed by atoms with Gasteiger partial charge in [0.2, 0.25) is 0 Å². The molecule has 0 bridgehead atoms. The number of nitrogens with zero attached hydrogens (tertiary/aromatic N) is 3. The minimum absolute atomic E-state index is 0.509. The zero-order valence-corrected chi connectivity index (χ0v) is 19.4. The summed E-state index contributed by atoms with van der Waals surface area (Å²) in [5.74, 6) is 1.65. The van der Waals surface area contributed by atoms with Gasteiger partial charge >= 0.3 is 0 Å². The fourth-order valence-corrected chi connectivity index (χ4v) is 4.66. The van der Waals surface area contributed by atoms with Crippen molar-refractivity contribution in [1.82, 2.24) is 20.4 Å². The number of hydrogen-bond donors (Lipinski definition) is 2. The average molecular weight is 432 g/mol. The third kappa shape index (κ3) is 7.29. The van der Waals surface area contributed by atoms with Gasteiger partial charge in [-0.25, -0.2) is 0 Å². The van der Waals surface area contributed by atoms with Crippen molar-refractivity contribution in [3.05, 3.63) is 47.0 Å². The summed E-state index contributed by atoms with van der Waals surface area (Å²) in [5.41, 5.74) is 2.48. The maximum absolute atomic E-state index is 6.32. The molecule has 0 amide bonds. The largest absolute Gasteiger partial charge is 0.356 e. The predicted octanol–water partition coefficient (Wildman–Crippen LogP) is 3.76. The molecule has 2 aliphatic rings. The first-order valence-corrected chi connectivity index (χ1v) is 11.7. The molecule has 2 heterocycles. The van der Waals surface area contributed by atoms with Crippen LogP contribution in [0.4, 0.5) is 0 Å². The summed E-state index contributed by atoms with van der Waals surface area (Å²) in [6.45, 7) is 13.6. The Bertz CT molecular complexity index is 703. The molecule has 6 heteroatoms. The Hall–Kier alpha value is -1.56. The summed E-state index contributed by atoms with van der Waals surface area (Å²) in [6.07, 6.45) is 4.75. The number of halogens is 1. The summed E-state index contributed by atoms with van der Waals surface area (Å²) in [5, 5.41) is 8.08. The second-order valence-corrected chi connectivity index (χ2v) is 9.32. The number of benzene rings is 1. The SMILES string of the molecule is C=C(C)CN1CCC(NC(=NC)NCC2CCN(Cc3ccccc3Cl)CC2)CC1. The van der Waals surface area contributed by atoms with Crippen LogP contribution in [0.1, 0.15) is 38.2 Å². The summed E-state index contributed by atoms with van der Waals surface area (Å²) in [6, 6.07) is 8.69. The number of hydrogen-bond acceptors (Lipinski definition) is 3. The predicted molar refractivity (Wildman–Crippen MR) is 128 cm³/mol. The van der Waals surface area contributed by atoms with Crippen molar-refractivity contribution in [2.45, 2.75) is 45.2 Å². The van der Waals surface area contributed by atoms with E-state index in [0.717, 1.165) is 69.6 Å². The molecule has 0 aliphatic carbocycles. The van der Waals surface area contributed by atoms with Gasteiger partial charge in [0.25, 0.3) is 0 Å². The van der Waals surface area contributed by atoms with Gasteiger partial charge in [0.15, 0.2) is 5.96 Å².